The van der Waals surface area contributed by atoms with Crippen LogP contribution in [0.25, 0.3) is 0 Å². The van der Waals surface area contributed by atoms with Crippen LogP contribution in [0.15, 0.2) is 24.3 Å². The standard InChI is InChI=1S/C17H20FN3O3/c1-10-17(12(3)23)11(2)21(20-10)8-16(24)19-15(9-22)13-4-6-14(18)7-5-13/h4-7,15,22H,8-9H2,1-3H3,(H,19,24). The van der Waals surface area contributed by atoms with Crippen LogP contribution < -0.4 is 5.32 Å². The molecular weight excluding hydrogens is 313 g/mol. The quantitative estimate of drug-likeness (QED) is 0.788. The fraction of sp³-hybridized carbons (Fsp3) is 0.353. The number of carbonyl (C=O) groups excluding carboxylic acids is 2. The number of Topliss-reactive ketones (excluding diaryl/α,β-unsaturated/α-hetero) is 1. The number of amides is 1. The second-order valence-corrected chi connectivity index (χ2v) is 5.61. The number of nitrogens with one attached hydrogen (secondary N) is 1. The van der Waals surface area contributed by atoms with Gasteiger partial charge in [0.15, 0.2) is 5.78 Å². The average Bonchev–Trinajstić information content (AvgIpc) is 2.80. The molecule has 0 bridgehead atoms. The molecule has 1 amide bonds. The molecule has 0 radical (unpaired) electrons. The summed E-state index contributed by atoms with van der Waals surface area (Å²) in [6.45, 7) is 4.52. The number of nitrogens with zero attached hydrogens (tertiary/aromatic N) is 2. The Morgan fingerprint density at radius 2 is 1.92 bits per heavy atom. The number of aliphatic hydroxyl groups excluding tert-OH is 1. The maximum absolute atomic E-state index is 13.0. The molecule has 7 heteroatoms. The summed E-state index contributed by atoms with van der Waals surface area (Å²) in [5.74, 6) is -0.851. The van der Waals surface area contributed by atoms with Crippen LogP contribution >= 0.6 is 0 Å². The molecule has 24 heavy (non-hydrogen) atoms. The fourth-order valence-corrected chi connectivity index (χ4v) is 2.67. The van der Waals surface area contributed by atoms with Crippen LogP contribution in [0.1, 0.15) is 40.3 Å². The van der Waals surface area contributed by atoms with Crippen molar-refractivity contribution in [2.45, 2.75) is 33.4 Å². The summed E-state index contributed by atoms with van der Waals surface area (Å²) in [4.78, 5) is 23.8. The van der Waals surface area contributed by atoms with Gasteiger partial charge in [-0.15, -0.1) is 0 Å². The van der Waals surface area contributed by atoms with Crippen LogP contribution in [0.5, 0.6) is 0 Å². The summed E-state index contributed by atoms with van der Waals surface area (Å²) >= 11 is 0. The minimum atomic E-state index is -0.637. The number of halogens is 1. The third-order valence-corrected chi connectivity index (χ3v) is 3.82. The largest absolute Gasteiger partial charge is 0.394 e. The van der Waals surface area contributed by atoms with Gasteiger partial charge >= 0.3 is 0 Å². The molecule has 0 aliphatic carbocycles. The summed E-state index contributed by atoms with van der Waals surface area (Å²) in [7, 11) is 0. The Morgan fingerprint density at radius 1 is 1.29 bits per heavy atom. The van der Waals surface area contributed by atoms with Crippen molar-refractivity contribution < 1.29 is 19.1 Å². The highest BCUT2D eigenvalue weighted by atomic mass is 19.1. The molecule has 0 aliphatic heterocycles. The molecule has 2 aromatic rings. The zero-order valence-electron chi connectivity index (χ0n) is 13.8. The summed E-state index contributed by atoms with van der Waals surface area (Å²) in [6.07, 6.45) is 0. The van der Waals surface area contributed by atoms with E-state index in [2.05, 4.69) is 10.4 Å². The second-order valence-electron chi connectivity index (χ2n) is 5.61. The van der Waals surface area contributed by atoms with Gasteiger partial charge in [-0.1, -0.05) is 12.1 Å². The Bertz CT molecular complexity index is 753. The highest BCUT2D eigenvalue weighted by molar-refractivity contribution is 5.96. The van der Waals surface area contributed by atoms with Crippen molar-refractivity contribution in [1.29, 1.82) is 0 Å². The van der Waals surface area contributed by atoms with Gasteiger partial charge in [-0.05, 0) is 38.5 Å². The number of rotatable bonds is 6. The predicted molar refractivity (Wildman–Crippen MR) is 86.1 cm³/mol. The first-order valence-electron chi connectivity index (χ1n) is 7.54. The average molecular weight is 333 g/mol. The predicted octanol–water partition coefficient (Wildman–Crippen LogP) is 1.69. The summed E-state index contributed by atoms with van der Waals surface area (Å²) in [6, 6.07) is 4.91. The molecule has 1 atom stereocenters. The van der Waals surface area contributed by atoms with E-state index in [9.17, 15) is 19.1 Å². The van der Waals surface area contributed by atoms with Crippen LogP contribution in [0.3, 0.4) is 0 Å². The smallest absolute Gasteiger partial charge is 0.242 e. The molecule has 6 nitrogen and oxygen atoms in total. The summed E-state index contributed by atoms with van der Waals surface area (Å²) in [5, 5.41) is 16.4. The highest BCUT2D eigenvalue weighted by Crippen LogP contribution is 2.15. The Kier molecular flexibility index (Phi) is 5.46. The lowest BCUT2D eigenvalue weighted by Gasteiger charge is -2.17. The first-order valence-corrected chi connectivity index (χ1v) is 7.54. The molecular formula is C17H20FN3O3. The second kappa shape index (κ2) is 7.35. The molecule has 0 spiro atoms. The van der Waals surface area contributed by atoms with E-state index in [0.717, 1.165) is 0 Å². The van der Waals surface area contributed by atoms with Gasteiger partial charge < -0.3 is 10.4 Å². The molecule has 2 N–H and O–H groups in total. The Morgan fingerprint density at radius 3 is 2.42 bits per heavy atom. The number of hydrogen-bond acceptors (Lipinski definition) is 4. The van der Waals surface area contributed by atoms with Crippen LogP contribution in [0.4, 0.5) is 4.39 Å². The van der Waals surface area contributed by atoms with Gasteiger partial charge in [-0.2, -0.15) is 5.10 Å². The van der Waals surface area contributed by atoms with Gasteiger partial charge in [-0.3, -0.25) is 14.3 Å². The lowest BCUT2D eigenvalue weighted by atomic mass is 10.1. The molecule has 0 saturated carbocycles. The Labute approximate surface area is 139 Å². The number of aromatic nitrogens is 2. The summed E-state index contributed by atoms with van der Waals surface area (Å²) in [5.41, 5.74) is 2.31. The minimum Gasteiger partial charge on any atom is -0.394 e. The number of benzene rings is 1. The van der Waals surface area contributed by atoms with E-state index in [0.29, 0.717) is 22.5 Å². The Balaban J connectivity index is 2.11. The van der Waals surface area contributed by atoms with Crippen molar-refractivity contribution in [3.05, 3.63) is 52.6 Å². The molecule has 1 heterocycles. The zero-order chi connectivity index (χ0) is 17.9. The number of aryl methyl sites for hydroxylation is 1. The van der Waals surface area contributed by atoms with E-state index in [4.69, 9.17) is 0 Å². The van der Waals surface area contributed by atoms with Crippen molar-refractivity contribution in [3.8, 4) is 0 Å². The van der Waals surface area contributed by atoms with Crippen molar-refractivity contribution in [1.82, 2.24) is 15.1 Å². The zero-order valence-corrected chi connectivity index (χ0v) is 13.8. The van der Waals surface area contributed by atoms with Crippen LogP contribution in [0, 0.1) is 19.7 Å². The molecule has 0 saturated heterocycles. The first-order chi connectivity index (χ1) is 11.3. The van der Waals surface area contributed by atoms with Gasteiger partial charge in [0.2, 0.25) is 5.91 Å². The van der Waals surface area contributed by atoms with E-state index in [1.54, 1.807) is 13.8 Å². The Hall–Kier alpha value is -2.54. The van der Waals surface area contributed by atoms with Gasteiger partial charge in [0.1, 0.15) is 12.4 Å². The van der Waals surface area contributed by atoms with E-state index in [1.165, 1.54) is 35.9 Å². The van der Waals surface area contributed by atoms with Gasteiger partial charge in [0.05, 0.1) is 23.9 Å². The lowest BCUT2D eigenvalue weighted by Crippen LogP contribution is -2.34. The highest BCUT2D eigenvalue weighted by Gasteiger charge is 2.19. The molecule has 2 rings (SSSR count). The van der Waals surface area contributed by atoms with Crippen molar-refractivity contribution >= 4 is 11.7 Å². The maximum atomic E-state index is 13.0. The van der Waals surface area contributed by atoms with Gasteiger partial charge in [0, 0.05) is 5.69 Å². The monoisotopic (exact) mass is 333 g/mol. The fourth-order valence-electron chi connectivity index (χ4n) is 2.67. The number of ketones is 1. The number of aliphatic hydroxyl groups is 1. The minimum absolute atomic E-state index is 0.0718. The lowest BCUT2D eigenvalue weighted by molar-refractivity contribution is -0.123. The van der Waals surface area contributed by atoms with Gasteiger partial charge in [0.25, 0.3) is 0 Å². The van der Waals surface area contributed by atoms with E-state index < -0.39 is 6.04 Å². The van der Waals surface area contributed by atoms with Crippen LogP contribution in [0.2, 0.25) is 0 Å². The molecule has 1 unspecified atom stereocenters. The van der Waals surface area contributed by atoms with Crippen molar-refractivity contribution in [2.75, 3.05) is 6.61 Å². The van der Waals surface area contributed by atoms with Crippen LogP contribution in [-0.4, -0.2) is 33.2 Å². The van der Waals surface area contributed by atoms with Crippen LogP contribution in [-0.2, 0) is 11.3 Å². The third kappa shape index (κ3) is 3.86. The summed E-state index contributed by atoms with van der Waals surface area (Å²) < 4.78 is 14.4. The molecule has 128 valence electrons. The SMILES string of the molecule is CC(=O)c1c(C)nn(CC(=O)NC(CO)c2ccc(F)cc2)c1C. The molecule has 0 aliphatic rings. The number of carbonyl (C=O) groups is 2. The molecule has 0 fully saturated rings. The van der Waals surface area contributed by atoms with E-state index >= 15 is 0 Å². The van der Waals surface area contributed by atoms with E-state index in [-0.39, 0.29) is 30.7 Å². The maximum Gasteiger partial charge on any atom is 0.242 e. The normalized spacial score (nSPS) is 12.0. The molecule has 1 aromatic carbocycles. The van der Waals surface area contributed by atoms with Crippen molar-refractivity contribution in [3.63, 3.8) is 0 Å². The topological polar surface area (TPSA) is 84.2 Å². The third-order valence-electron chi connectivity index (χ3n) is 3.82. The first kappa shape index (κ1) is 17.8. The van der Waals surface area contributed by atoms with E-state index in [1.807, 2.05) is 0 Å². The van der Waals surface area contributed by atoms with Gasteiger partial charge in [-0.25, -0.2) is 4.39 Å². The van der Waals surface area contributed by atoms with Crippen molar-refractivity contribution in [2.24, 2.45) is 0 Å². The molecule has 1 aromatic heterocycles. The number of hydrogen-bond donors (Lipinski definition) is 2.